The molecule has 0 N–H and O–H groups in total. The van der Waals surface area contributed by atoms with Gasteiger partial charge in [0.1, 0.15) is 17.7 Å². The average molecular weight is 355 g/mol. The Morgan fingerprint density at radius 2 is 1.77 bits per heavy atom. The Bertz CT molecular complexity index is 746. The van der Waals surface area contributed by atoms with Crippen molar-refractivity contribution < 1.29 is 18.7 Å². The predicted octanol–water partition coefficient (Wildman–Crippen LogP) is 3.86. The Kier molecular flexibility index (Phi) is 6.00. The van der Waals surface area contributed by atoms with Crippen LogP contribution >= 0.6 is 0 Å². The van der Waals surface area contributed by atoms with Crippen molar-refractivity contribution in [1.29, 1.82) is 0 Å². The number of likely N-dealkylation sites (tertiary alicyclic amines) is 1. The van der Waals surface area contributed by atoms with Gasteiger partial charge in [0.2, 0.25) is 5.91 Å². The van der Waals surface area contributed by atoms with Crippen LogP contribution in [0.4, 0.5) is 4.39 Å². The maximum absolute atomic E-state index is 12.9. The summed E-state index contributed by atoms with van der Waals surface area (Å²) in [7, 11) is 0. The minimum absolute atomic E-state index is 0.0251. The van der Waals surface area contributed by atoms with Crippen LogP contribution in [0.25, 0.3) is 0 Å². The summed E-state index contributed by atoms with van der Waals surface area (Å²) in [6.45, 7) is 1.23. The van der Waals surface area contributed by atoms with Crippen LogP contribution in [0, 0.1) is 5.82 Å². The first-order valence-electron chi connectivity index (χ1n) is 8.90. The third-order valence-electron chi connectivity index (χ3n) is 4.51. The van der Waals surface area contributed by atoms with E-state index in [4.69, 9.17) is 4.74 Å². The molecule has 1 atom stereocenters. The van der Waals surface area contributed by atoms with Gasteiger partial charge in [-0.25, -0.2) is 4.39 Å². The van der Waals surface area contributed by atoms with E-state index in [-0.39, 0.29) is 36.5 Å². The molecule has 1 saturated heterocycles. The first-order valence-corrected chi connectivity index (χ1v) is 8.90. The smallest absolute Gasteiger partial charge is 0.223 e. The maximum atomic E-state index is 12.9. The number of halogens is 1. The fraction of sp³-hybridized carbons (Fsp3) is 0.333. The van der Waals surface area contributed by atoms with Gasteiger partial charge in [-0.1, -0.05) is 18.2 Å². The second-order valence-electron chi connectivity index (χ2n) is 6.46. The maximum Gasteiger partial charge on any atom is 0.223 e. The van der Waals surface area contributed by atoms with Crippen molar-refractivity contribution in [3.8, 4) is 5.75 Å². The SMILES string of the molecule is O=C(CCC(=O)N1CCCC(Oc2ccccc2)C1)c1ccc(F)cc1. The molecular formula is C21H22FNO3. The van der Waals surface area contributed by atoms with E-state index in [9.17, 15) is 14.0 Å². The van der Waals surface area contributed by atoms with Crippen LogP contribution in [-0.2, 0) is 4.79 Å². The number of nitrogens with zero attached hydrogens (tertiary/aromatic N) is 1. The molecule has 2 aromatic carbocycles. The summed E-state index contributed by atoms with van der Waals surface area (Å²) in [4.78, 5) is 26.3. The Morgan fingerprint density at radius 3 is 2.50 bits per heavy atom. The summed E-state index contributed by atoms with van der Waals surface area (Å²) in [6, 6.07) is 15.0. The molecule has 0 aromatic heterocycles. The molecule has 136 valence electrons. The molecule has 1 fully saturated rings. The van der Waals surface area contributed by atoms with E-state index in [2.05, 4.69) is 0 Å². The number of hydrogen-bond acceptors (Lipinski definition) is 3. The van der Waals surface area contributed by atoms with Gasteiger partial charge in [0.25, 0.3) is 0 Å². The summed E-state index contributed by atoms with van der Waals surface area (Å²) in [5, 5.41) is 0. The third-order valence-corrected chi connectivity index (χ3v) is 4.51. The van der Waals surface area contributed by atoms with Crippen molar-refractivity contribution in [1.82, 2.24) is 4.90 Å². The van der Waals surface area contributed by atoms with E-state index in [0.717, 1.165) is 18.6 Å². The fourth-order valence-corrected chi connectivity index (χ4v) is 3.11. The highest BCUT2D eigenvalue weighted by molar-refractivity contribution is 5.97. The Labute approximate surface area is 152 Å². The molecule has 4 nitrogen and oxygen atoms in total. The van der Waals surface area contributed by atoms with Crippen molar-refractivity contribution in [3.63, 3.8) is 0 Å². The van der Waals surface area contributed by atoms with Gasteiger partial charge in [0.15, 0.2) is 5.78 Å². The molecule has 5 heteroatoms. The molecule has 3 rings (SSSR count). The quantitative estimate of drug-likeness (QED) is 0.739. The van der Waals surface area contributed by atoms with Crippen LogP contribution in [-0.4, -0.2) is 35.8 Å². The highest BCUT2D eigenvalue weighted by atomic mass is 19.1. The summed E-state index contributed by atoms with van der Waals surface area (Å²) in [5.74, 6) is 0.239. The summed E-state index contributed by atoms with van der Waals surface area (Å²) < 4.78 is 18.9. The number of Topliss-reactive ketones (excluding diaryl/α,β-unsaturated/α-hetero) is 1. The number of ketones is 1. The lowest BCUT2D eigenvalue weighted by Crippen LogP contribution is -2.44. The number of piperidine rings is 1. The number of carbonyl (C=O) groups excluding carboxylic acids is 2. The number of hydrogen-bond donors (Lipinski definition) is 0. The van der Waals surface area contributed by atoms with Crippen molar-refractivity contribution in [2.75, 3.05) is 13.1 Å². The van der Waals surface area contributed by atoms with Crippen LogP contribution < -0.4 is 4.74 Å². The zero-order valence-electron chi connectivity index (χ0n) is 14.6. The molecule has 0 bridgehead atoms. The number of rotatable bonds is 6. The molecule has 1 aliphatic heterocycles. The van der Waals surface area contributed by atoms with Crippen molar-refractivity contribution in [2.45, 2.75) is 31.8 Å². The number of amides is 1. The second-order valence-corrected chi connectivity index (χ2v) is 6.46. The molecule has 0 spiro atoms. The van der Waals surface area contributed by atoms with E-state index in [0.29, 0.717) is 18.7 Å². The lowest BCUT2D eigenvalue weighted by molar-refractivity contribution is -0.133. The van der Waals surface area contributed by atoms with Crippen LogP contribution in [0.1, 0.15) is 36.0 Å². The van der Waals surface area contributed by atoms with E-state index in [1.54, 1.807) is 4.90 Å². The van der Waals surface area contributed by atoms with E-state index in [1.165, 1.54) is 24.3 Å². The Balaban J connectivity index is 1.49. The number of carbonyl (C=O) groups is 2. The van der Waals surface area contributed by atoms with Gasteiger partial charge in [0.05, 0.1) is 6.54 Å². The summed E-state index contributed by atoms with van der Waals surface area (Å²) in [6.07, 6.45) is 2.06. The molecule has 26 heavy (non-hydrogen) atoms. The molecule has 1 unspecified atom stereocenters. The number of benzene rings is 2. The monoisotopic (exact) mass is 355 g/mol. The van der Waals surface area contributed by atoms with Gasteiger partial charge in [-0.05, 0) is 49.2 Å². The van der Waals surface area contributed by atoms with E-state index < -0.39 is 0 Å². The lowest BCUT2D eigenvalue weighted by Gasteiger charge is -2.33. The standard InChI is InChI=1S/C21H22FNO3/c22-17-10-8-16(9-11-17)20(24)12-13-21(25)23-14-4-7-19(15-23)26-18-5-2-1-3-6-18/h1-3,5-6,8-11,19H,4,7,12-15H2. The van der Waals surface area contributed by atoms with E-state index >= 15 is 0 Å². The minimum Gasteiger partial charge on any atom is -0.489 e. The molecule has 1 heterocycles. The highest BCUT2D eigenvalue weighted by Gasteiger charge is 2.25. The molecule has 1 aliphatic rings. The highest BCUT2D eigenvalue weighted by Crippen LogP contribution is 2.19. The van der Waals surface area contributed by atoms with E-state index in [1.807, 2.05) is 30.3 Å². The summed E-state index contributed by atoms with van der Waals surface area (Å²) in [5.41, 5.74) is 0.433. The van der Waals surface area contributed by atoms with Crippen molar-refractivity contribution >= 4 is 11.7 Å². The topological polar surface area (TPSA) is 46.6 Å². The molecule has 0 radical (unpaired) electrons. The average Bonchev–Trinajstić information content (AvgIpc) is 2.67. The molecule has 2 aromatic rings. The zero-order chi connectivity index (χ0) is 18.4. The van der Waals surface area contributed by atoms with Crippen molar-refractivity contribution in [3.05, 3.63) is 66.0 Å². The van der Waals surface area contributed by atoms with Gasteiger partial charge in [-0.3, -0.25) is 9.59 Å². The molecule has 0 aliphatic carbocycles. The summed E-state index contributed by atoms with van der Waals surface area (Å²) >= 11 is 0. The minimum atomic E-state index is -0.379. The lowest BCUT2D eigenvalue weighted by atomic mass is 10.0. The van der Waals surface area contributed by atoms with Crippen LogP contribution in [0.5, 0.6) is 5.75 Å². The first kappa shape index (κ1) is 18.1. The van der Waals surface area contributed by atoms with Crippen molar-refractivity contribution in [2.24, 2.45) is 0 Å². The number of para-hydroxylation sites is 1. The van der Waals surface area contributed by atoms with Gasteiger partial charge in [-0.2, -0.15) is 0 Å². The third kappa shape index (κ3) is 4.91. The molecule has 1 amide bonds. The fourth-order valence-electron chi connectivity index (χ4n) is 3.11. The number of ether oxygens (including phenoxy) is 1. The Morgan fingerprint density at radius 1 is 1.04 bits per heavy atom. The van der Waals surface area contributed by atoms with Gasteiger partial charge in [-0.15, -0.1) is 0 Å². The van der Waals surface area contributed by atoms with Gasteiger partial charge in [0, 0.05) is 24.9 Å². The zero-order valence-corrected chi connectivity index (χ0v) is 14.6. The van der Waals surface area contributed by atoms with Gasteiger partial charge < -0.3 is 9.64 Å². The van der Waals surface area contributed by atoms with Crippen LogP contribution in [0.15, 0.2) is 54.6 Å². The van der Waals surface area contributed by atoms with Gasteiger partial charge >= 0.3 is 0 Å². The molecular weight excluding hydrogens is 333 g/mol. The Hall–Kier alpha value is -2.69. The molecule has 0 saturated carbocycles. The van der Waals surface area contributed by atoms with Crippen LogP contribution in [0.2, 0.25) is 0 Å². The first-order chi connectivity index (χ1) is 12.6. The normalized spacial score (nSPS) is 17.0. The predicted molar refractivity (Wildman–Crippen MR) is 96.6 cm³/mol. The second kappa shape index (κ2) is 8.61. The largest absolute Gasteiger partial charge is 0.489 e. The van der Waals surface area contributed by atoms with Crippen LogP contribution in [0.3, 0.4) is 0 Å².